The first kappa shape index (κ1) is 13.1. The van der Waals surface area contributed by atoms with Gasteiger partial charge in [-0.15, -0.1) is 0 Å². The average molecular weight is 267 g/mol. The Morgan fingerprint density at radius 3 is 2.26 bits per heavy atom. The fourth-order valence-corrected chi connectivity index (χ4v) is 2.20. The van der Waals surface area contributed by atoms with Crippen molar-refractivity contribution in [3.05, 3.63) is 70.2 Å². The Hall–Kier alpha value is -2.29. The molecule has 0 spiro atoms. The molecule has 92 valence electrons. The number of rotatable bonds is 3. The van der Waals surface area contributed by atoms with Crippen LogP contribution in [0.15, 0.2) is 48.5 Å². The van der Waals surface area contributed by atoms with Crippen LogP contribution in [0.1, 0.15) is 22.6 Å². The van der Waals surface area contributed by atoms with E-state index in [1.165, 1.54) is 0 Å². The van der Waals surface area contributed by atoms with Crippen LogP contribution < -0.4 is 0 Å². The van der Waals surface area contributed by atoms with Gasteiger partial charge in [-0.2, -0.15) is 10.5 Å². The molecule has 0 aliphatic rings. The normalized spacial score (nSPS) is 11.3. The summed E-state index contributed by atoms with van der Waals surface area (Å²) in [6.45, 7) is 0. The SMILES string of the molecule is N#Cc1ccc(CC(C#N)c2ccccc2Cl)cc1. The molecule has 0 aromatic heterocycles. The van der Waals surface area contributed by atoms with Crippen molar-refractivity contribution in [1.82, 2.24) is 0 Å². The number of hydrogen-bond donors (Lipinski definition) is 0. The van der Waals surface area contributed by atoms with Crippen LogP contribution in [-0.2, 0) is 6.42 Å². The van der Waals surface area contributed by atoms with Crippen LogP contribution in [0, 0.1) is 22.7 Å². The van der Waals surface area contributed by atoms with E-state index in [9.17, 15) is 5.26 Å². The van der Waals surface area contributed by atoms with Gasteiger partial charge in [0.25, 0.3) is 0 Å². The fraction of sp³-hybridized carbons (Fsp3) is 0.125. The molecule has 2 nitrogen and oxygen atoms in total. The van der Waals surface area contributed by atoms with Crippen LogP contribution in [0.2, 0.25) is 5.02 Å². The third-order valence-corrected chi connectivity index (χ3v) is 3.30. The Bertz CT molecular complexity index is 648. The van der Waals surface area contributed by atoms with Crippen LogP contribution in [0.5, 0.6) is 0 Å². The highest BCUT2D eigenvalue weighted by molar-refractivity contribution is 6.31. The summed E-state index contributed by atoms with van der Waals surface area (Å²) in [5.41, 5.74) is 2.48. The molecule has 1 atom stereocenters. The molecular weight excluding hydrogens is 256 g/mol. The monoisotopic (exact) mass is 266 g/mol. The standard InChI is InChI=1S/C16H11ClN2/c17-16-4-2-1-3-15(16)14(11-19)9-12-5-7-13(10-18)8-6-12/h1-8,14H,9H2. The molecule has 0 bridgehead atoms. The molecule has 3 heteroatoms. The van der Waals surface area contributed by atoms with E-state index in [4.69, 9.17) is 16.9 Å². The quantitative estimate of drug-likeness (QED) is 0.841. The Kier molecular flexibility index (Phi) is 4.18. The summed E-state index contributed by atoms with van der Waals surface area (Å²) in [6.07, 6.45) is 0.589. The molecule has 0 aliphatic heterocycles. The lowest BCUT2D eigenvalue weighted by atomic mass is 9.93. The van der Waals surface area contributed by atoms with Gasteiger partial charge in [-0.3, -0.25) is 0 Å². The number of benzene rings is 2. The molecule has 0 radical (unpaired) electrons. The molecule has 2 rings (SSSR count). The Balaban J connectivity index is 2.23. The molecular formula is C16H11ClN2. The third-order valence-electron chi connectivity index (χ3n) is 2.96. The minimum absolute atomic E-state index is 0.276. The molecule has 0 heterocycles. The number of nitriles is 2. The molecule has 0 N–H and O–H groups in total. The van der Waals surface area contributed by atoms with Crippen LogP contribution in [0.3, 0.4) is 0 Å². The largest absolute Gasteiger partial charge is 0.198 e. The first-order valence-electron chi connectivity index (χ1n) is 5.87. The van der Waals surface area contributed by atoms with Crippen molar-refractivity contribution in [3.63, 3.8) is 0 Å². The van der Waals surface area contributed by atoms with Crippen LogP contribution in [-0.4, -0.2) is 0 Å². The molecule has 0 aliphatic carbocycles. The van der Waals surface area contributed by atoms with Gasteiger partial charge in [0.1, 0.15) is 0 Å². The van der Waals surface area contributed by atoms with Crippen molar-refractivity contribution in [2.75, 3.05) is 0 Å². The zero-order valence-corrected chi connectivity index (χ0v) is 10.9. The zero-order chi connectivity index (χ0) is 13.7. The van der Waals surface area contributed by atoms with E-state index in [1.54, 1.807) is 18.2 Å². The number of halogens is 1. The van der Waals surface area contributed by atoms with Gasteiger partial charge in [0.05, 0.1) is 23.6 Å². The predicted molar refractivity (Wildman–Crippen MR) is 74.7 cm³/mol. The number of hydrogen-bond acceptors (Lipinski definition) is 2. The highest BCUT2D eigenvalue weighted by Crippen LogP contribution is 2.27. The highest BCUT2D eigenvalue weighted by atomic mass is 35.5. The van der Waals surface area contributed by atoms with E-state index < -0.39 is 0 Å². The Morgan fingerprint density at radius 1 is 1.00 bits per heavy atom. The average Bonchev–Trinajstić information content (AvgIpc) is 2.46. The summed E-state index contributed by atoms with van der Waals surface area (Å²) < 4.78 is 0. The van der Waals surface area contributed by atoms with Gasteiger partial charge >= 0.3 is 0 Å². The first-order valence-corrected chi connectivity index (χ1v) is 6.25. The third kappa shape index (κ3) is 3.13. The molecule has 2 aromatic carbocycles. The maximum atomic E-state index is 9.30. The second-order valence-corrected chi connectivity index (χ2v) is 4.62. The van der Waals surface area contributed by atoms with Crippen LogP contribution in [0.4, 0.5) is 0 Å². The van der Waals surface area contributed by atoms with E-state index in [2.05, 4.69) is 12.1 Å². The van der Waals surface area contributed by atoms with E-state index in [0.29, 0.717) is 17.0 Å². The van der Waals surface area contributed by atoms with Gasteiger partial charge in [0.2, 0.25) is 0 Å². The van der Waals surface area contributed by atoms with E-state index >= 15 is 0 Å². The number of nitrogens with zero attached hydrogens (tertiary/aromatic N) is 2. The second kappa shape index (κ2) is 6.05. The lowest BCUT2D eigenvalue weighted by molar-refractivity contribution is 0.849. The zero-order valence-electron chi connectivity index (χ0n) is 10.2. The van der Waals surface area contributed by atoms with Crippen molar-refractivity contribution in [2.24, 2.45) is 0 Å². The van der Waals surface area contributed by atoms with Crippen molar-refractivity contribution in [2.45, 2.75) is 12.3 Å². The smallest absolute Gasteiger partial charge is 0.0991 e. The minimum atomic E-state index is -0.276. The maximum Gasteiger partial charge on any atom is 0.0991 e. The summed E-state index contributed by atoms with van der Waals surface area (Å²) in [6, 6.07) is 19.0. The summed E-state index contributed by atoms with van der Waals surface area (Å²) in [5, 5.41) is 18.7. The maximum absolute atomic E-state index is 9.30. The van der Waals surface area contributed by atoms with Gasteiger partial charge in [-0.1, -0.05) is 41.9 Å². The molecule has 19 heavy (non-hydrogen) atoms. The van der Waals surface area contributed by atoms with Crippen molar-refractivity contribution < 1.29 is 0 Å². The highest BCUT2D eigenvalue weighted by Gasteiger charge is 2.14. The van der Waals surface area contributed by atoms with Crippen LogP contribution >= 0.6 is 11.6 Å². The first-order chi connectivity index (χ1) is 9.24. The molecule has 2 aromatic rings. The minimum Gasteiger partial charge on any atom is -0.198 e. The van der Waals surface area contributed by atoms with Gasteiger partial charge in [0.15, 0.2) is 0 Å². The van der Waals surface area contributed by atoms with Crippen molar-refractivity contribution in [1.29, 1.82) is 10.5 Å². The van der Waals surface area contributed by atoms with Gasteiger partial charge < -0.3 is 0 Å². The Labute approximate surface area is 117 Å². The summed E-state index contributed by atoms with van der Waals surface area (Å²) in [4.78, 5) is 0. The molecule has 0 amide bonds. The van der Waals surface area contributed by atoms with Gasteiger partial charge in [-0.25, -0.2) is 0 Å². The summed E-state index contributed by atoms with van der Waals surface area (Å²) in [7, 11) is 0. The predicted octanol–water partition coefficient (Wildman–Crippen LogP) is 4.06. The molecule has 0 saturated heterocycles. The molecule has 1 unspecified atom stereocenters. The summed E-state index contributed by atoms with van der Waals surface area (Å²) in [5.74, 6) is -0.276. The van der Waals surface area contributed by atoms with E-state index in [0.717, 1.165) is 11.1 Å². The van der Waals surface area contributed by atoms with Crippen LogP contribution in [0.25, 0.3) is 0 Å². The molecule has 0 saturated carbocycles. The topological polar surface area (TPSA) is 47.6 Å². The van der Waals surface area contributed by atoms with Gasteiger partial charge in [0, 0.05) is 5.02 Å². The van der Waals surface area contributed by atoms with Gasteiger partial charge in [-0.05, 0) is 35.7 Å². The van der Waals surface area contributed by atoms with E-state index in [-0.39, 0.29) is 5.92 Å². The lowest BCUT2D eigenvalue weighted by Gasteiger charge is -2.11. The lowest BCUT2D eigenvalue weighted by Crippen LogP contribution is -2.01. The van der Waals surface area contributed by atoms with E-state index in [1.807, 2.05) is 30.3 Å². The van der Waals surface area contributed by atoms with Crippen molar-refractivity contribution >= 4 is 11.6 Å². The fourth-order valence-electron chi connectivity index (χ4n) is 1.93. The molecule has 0 fully saturated rings. The second-order valence-electron chi connectivity index (χ2n) is 4.22. The summed E-state index contributed by atoms with van der Waals surface area (Å²) >= 11 is 6.12. The van der Waals surface area contributed by atoms with Crippen molar-refractivity contribution in [3.8, 4) is 12.1 Å². The Morgan fingerprint density at radius 2 is 1.68 bits per heavy atom.